The van der Waals surface area contributed by atoms with Crippen molar-refractivity contribution in [2.24, 2.45) is 0 Å². The largest absolute Gasteiger partial charge is 0.492 e. The summed E-state index contributed by atoms with van der Waals surface area (Å²) in [6.45, 7) is 12.8. The van der Waals surface area contributed by atoms with E-state index < -0.39 is 0 Å². The zero-order valence-corrected chi connectivity index (χ0v) is 25.0. The second-order valence-electron chi connectivity index (χ2n) is 10.6. The van der Waals surface area contributed by atoms with Gasteiger partial charge in [-0.25, -0.2) is 0 Å². The summed E-state index contributed by atoms with van der Waals surface area (Å²) in [6, 6.07) is 20.2. The van der Waals surface area contributed by atoms with E-state index in [0.717, 1.165) is 51.3 Å². The van der Waals surface area contributed by atoms with E-state index in [1.54, 1.807) is 48.5 Å². The molecule has 8 heteroatoms. The Morgan fingerprint density at radius 2 is 1.54 bits per heavy atom. The number of hydrogen-bond donors (Lipinski definition) is 2. The van der Waals surface area contributed by atoms with E-state index in [1.807, 2.05) is 6.92 Å². The third kappa shape index (κ3) is 8.72. The van der Waals surface area contributed by atoms with Crippen molar-refractivity contribution in [2.75, 3.05) is 56.1 Å². The Balaban J connectivity index is 1.14. The molecule has 2 N–H and O–H groups in total. The molecule has 41 heavy (non-hydrogen) atoms. The average Bonchev–Trinajstić information content (AvgIpc) is 2.98. The number of amides is 2. The van der Waals surface area contributed by atoms with Gasteiger partial charge in [0.15, 0.2) is 0 Å². The normalized spacial score (nSPS) is 13.7. The van der Waals surface area contributed by atoms with E-state index in [1.165, 1.54) is 11.3 Å². The van der Waals surface area contributed by atoms with Crippen LogP contribution in [0, 0.1) is 0 Å². The molecule has 2 amide bonds. The van der Waals surface area contributed by atoms with Gasteiger partial charge in [0.25, 0.3) is 11.8 Å². The third-order valence-corrected chi connectivity index (χ3v) is 7.61. The molecule has 1 aliphatic rings. The van der Waals surface area contributed by atoms with Crippen LogP contribution in [0.15, 0.2) is 66.7 Å². The van der Waals surface area contributed by atoms with Crippen molar-refractivity contribution < 1.29 is 14.3 Å². The number of carbonyl (C=O) groups is 2. The summed E-state index contributed by atoms with van der Waals surface area (Å²) in [7, 11) is 0. The summed E-state index contributed by atoms with van der Waals surface area (Å²) in [5, 5.41) is 6.42. The number of ether oxygens (including phenoxy) is 1. The Hall–Kier alpha value is -3.55. The van der Waals surface area contributed by atoms with Gasteiger partial charge >= 0.3 is 0 Å². The highest BCUT2D eigenvalue weighted by molar-refractivity contribution is 6.30. The monoisotopic (exact) mass is 576 g/mol. The van der Waals surface area contributed by atoms with E-state index in [-0.39, 0.29) is 11.8 Å². The van der Waals surface area contributed by atoms with Gasteiger partial charge < -0.3 is 20.3 Å². The minimum absolute atomic E-state index is 0.109. The summed E-state index contributed by atoms with van der Waals surface area (Å²) in [5.41, 5.74) is 4.21. The Bertz CT molecular complexity index is 1290. The fourth-order valence-electron chi connectivity index (χ4n) is 4.91. The molecular weight excluding hydrogens is 536 g/mol. The van der Waals surface area contributed by atoms with Crippen LogP contribution in [0.4, 0.5) is 11.4 Å². The smallest absolute Gasteiger partial charge is 0.255 e. The number of halogens is 1. The van der Waals surface area contributed by atoms with Crippen LogP contribution in [0.25, 0.3) is 0 Å². The Morgan fingerprint density at radius 1 is 0.878 bits per heavy atom. The fraction of sp³-hybridized carbons (Fsp3) is 0.394. The standard InChI is InChI=1S/C33H41ClN4O3/c1-4-41-31-23-27(24(2)3)11-16-30(31)38-21-19-37(20-22-38)18-6-5-17-35-32(39)25-9-14-29(15-10-25)36-33(40)26-7-12-28(34)13-8-26/h7-16,23-24H,4-6,17-22H2,1-3H3,(H,35,39)(H,36,40). The molecule has 0 radical (unpaired) electrons. The highest BCUT2D eigenvalue weighted by Crippen LogP contribution is 2.32. The number of benzene rings is 3. The lowest BCUT2D eigenvalue weighted by Crippen LogP contribution is -2.46. The Kier molecular flexibility index (Phi) is 11.0. The van der Waals surface area contributed by atoms with Crippen LogP contribution in [0.3, 0.4) is 0 Å². The molecule has 1 heterocycles. The van der Waals surface area contributed by atoms with Crippen LogP contribution < -0.4 is 20.3 Å². The van der Waals surface area contributed by atoms with Crippen molar-refractivity contribution in [3.63, 3.8) is 0 Å². The highest BCUT2D eigenvalue weighted by atomic mass is 35.5. The van der Waals surface area contributed by atoms with Crippen LogP contribution >= 0.6 is 11.6 Å². The first kappa shape index (κ1) is 30.4. The Labute approximate surface area is 248 Å². The molecule has 0 aliphatic carbocycles. The van der Waals surface area contributed by atoms with Gasteiger partial charge in [-0.3, -0.25) is 14.5 Å². The first-order valence-corrected chi connectivity index (χ1v) is 14.9. The summed E-state index contributed by atoms with van der Waals surface area (Å²) < 4.78 is 5.98. The number of hydrogen-bond acceptors (Lipinski definition) is 5. The van der Waals surface area contributed by atoms with Crippen molar-refractivity contribution in [3.05, 3.63) is 88.4 Å². The maximum Gasteiger partial charge on any atom is 0.255 e. The quantitative estimate of drug-likeness (QED) is 0.243. The van der Waals surface area contributed by atoms with E-state index in [4.69, 9.17) is 16.3 Å². The van der Waals surface area contributed by atoms with Crippen LogP contribution in [0.1, 0.15) is 65.8 Å². The van der Waals surface area contributed by atoms with Crippen LogP contribution in [0.5, 0.6) is 5.75 Å². The number of rotatable bonds is 12. The first-order chi connectivity index (χ1) is 19.8. The predicted octanol–water partition coefficient (Wildman–Crippen LogP) is 6.45. The molecule has 7 nitrogen and oxygen atoms in total. The first-order valence-electron chi connectivity index (χ1n) is 14.5. The van der Waals surface area contributed by atoms with Crippen LogP contribution in [0.2, 0.25) is 5.02 Å². The molecule has 0 unspecified atom stereocenters. The lowest BCUT2D eigenvalue weighted by atomic mass is 10.0. The van der Waals surface area contributed by atoms with Gasteiger partial charge in [0, 0.05) is 54.6 Å². The number of piperazine rings is 1. The molecule has 0 aromatic heterocycles. The van der Waals surface area contributed by atoms with E-state index in [9.17, 15) is 9.59 Å². The molecule has 218 valence electrons. The number of nitrogens with zero attached hydrogens (tertiary/aromatic N) is 2. The van der Waals surface area contributed by atoms with E-state index >= 15 is 0 Å². The molecule has 4 rings (SSSR count). The lowest BCUT2D eigenvalue weighted by molar-refractivity contribution is 0.0952. The zero-order chi connectivity index (χ0) is 29.2. The minimum atomic E-state index is -0.226. The van der Waals surface area contributed by atoms with Crippen molar-refractivity contribution in [1.29, 1.82) is 0 Å². The topological polar surface area (TPSA) is 73.9 Å². The number of unbranched alkanes of at least 4 members (excludes halogenated alkanes) is 1. The van der Waals surface area contributed by atoms with E-state index in [0.29, 0.717) is 40.9 Å². The molecule has 1 fully saturated rings. The summed E-state index contributed by atoms with van der Waals surface area (Å²) >= 11 is 5.88. The fourth-order valence-corrected chi connectivity index (χ4v) is 5.03. The Morgan fingerprint density at radius 3 is 2.20 bits per heavy atom. The van der Waals surface area contributed by atoms with Crippen molar-refractivity contribution in [3.8, 4) is 5.75 Å². The molecule has 0 bridgehead atoms. The molecule has 1 saturated heterocycles. The van der Waals surface area contributed by atoms with Gasteiger partial charge in [-0.05, 0) is 98.5 Å². The average molecular weight is 577 g/mol. The van der Waals surface area contributed by atoms with E-state index in [2.05, 4.69) is 52.5 Å². The molecular formula is C33H41ClN4O3. The lowest BCUT2D eigenvalue weighted by Gasteiger charge is -2.37. The van der Waals surface area contributed by atoms with Crippen LogP contribution in [-0.2, 0) is 0 Å². The van der Waals surface area contributed by atoms with Gasteiger partial charge in [-0.2, -0.15) is 0 Å². The predicted molar refractivity (Wildman–Crippen MR) is 168 cm³/mol. The summed E-state index contributed by atoms with van der Waals surface area (Å²) in [4.78, 5) is 29.9. The molecule has 0 atom stereocenters. The molecule has 0 spiro atoms. The molecule has 3 aromatic rings. The second-order valence-corrected chi connectivity index (χ2v) is 11.1. The molecule has 0 saturated carbocycles. The van der Waals surface area contributed by atoms with Crippen molar-refractivity contribution in [2.45, 2.75) is 39.5 Å². The highest BCUT2D eigenvalue weighted by Gasteiger charge is 2.20. The number of nitrogens with one attached hydrogen (secondary N) is 2. The second kappa shape index (κ2) is 14.9. The van der Waals surface area contributed by atoms with Crippen molar-refractivity contribution in [1.82, 2.24) is 10.2 Å². The van der Waals surface area contributed by atoms with Crippen molar-refractivity contribution >= 4 is 34.8 Å². The van der Waals surface area contributed by atoms with Gasteiger partial charge in [0.1, 0.15) is 5.75 Å². The third-order valence-electron chi connectivity index (χ3n) is 7.36. The number of carbonyl (C=O) groups excluding carboxylic acids is 2. The maximum atomic E-state index is 12.6. The van der Waals surface area contributed by atoms with Gasteiger partial charge in [-0.15, -0.1) is 0 Å². The van der Waals surface area contributed by atoms with Gasteiger partial charge in [0.2, 0.25) is 0 Å². The van der Waals surface area contributed by atoms with Crippen LogP contribution in [-0.4, -0.2) is 62.6 Å². The van der Waals surface area contributed by atoms with Gasteiger partial charge in [0.05, 0.1) is 12.3 Å². The SMILES string of the molecule is CCOc1cc(C(C)C)ccc1N1CCN(CCCCNC(=O)c2ccc(NC(=O)c3ccc(Cl)cc3)cc2)CC1. The zero-order valence-electron chi connectivity index (χ0n) is 24.3. The summed E-state index contributed by atoms with van der Waals surface area (Å²) in [5.74, 6) is 1.13. The minimum Gasteiger partial charge on any atom is -0.492 e. The molecule has 3 aromatic carbocycles. The molecule has 1 aliphatic heterocycles. The van der Waals surface area contributed by atoms with Gasteiger partial charge in [-0.1, -0.05) is 31.5 Å². The summed E-state index contributed by atoms with van der Waals surface area (Å²) in [6.07, 6.45) is 1.95. The maximum absolute atomic E-state index is 12.6. The number of anilines is 2.